The van der Waals surface area contributed by atoms with E-state index in [1.165, 1.54) is 14.2 Å². The molecule has 0 atom stereocenters. The number of methoxy groups -OCH3 is 2. The van der Waals surface area contributed by atoms with Gasteiger partial charge in [0.05, 0.1) is 26.4 Å². The second-order valence-corrected chi connectivity index (χ2v) is 5.47. The van der Waals surface area contributed by atoms with E-state index in [1.807, 2.05) is 24.3 Å². The van der Waals surface area contributed by atoms with E-state index in [1.54, 1.807) is 4.90 Å². The zero-order valence-corrected chi connectivity index (χ0v) is 13.8. The Hall–Kier alpha value is -2.34. The van der Waals surface area contributed by atoms with Crippen molar-refractivity contribution >= 4 is 17.6 Å². The van der Waals surface area contributed by atoms with Crippen LogP contribution < -0.4 is 4.90 Å². The van der Waals surface area contributed by atoms with E-state index >= 15 is 0 Å². The van der Waals surface area contributed by atoms with E-state index in [0.29, 0.717) is 5.92 Å². The van der Waals surface area contributed by atoms with Crippen LogP contribution >= 0.6 is 0 Å². The molecule has 0 unspecified atom stereocenters. The first-order chi connectivity index (χ1) is 11.0. The summed E-state index contributed by atoms with van der Waals surface area (Å²) in [5, 5.41) is 0. The summed E-state index contributed by atoms with van der Waals surface area (Å²) < 4.78 is 15.0. The van der Waals surface area contributed by atoms with Crippen molar-refractivity contribution in [1.82, 2.24) is 0 Å². The zero-order valence-electron chi connectivity index (χ0n) is 13.8. The minimum absolute atomic E-state index is 0.0114. The van der Waals surface area contributed by atoms with Gasteiger partial charge in [-0.05, 0) is 23.6 Å². The van der Waals surface area contributed by atoms with Crippen molar-refractivity contribution in [2.75, 3.05) is 32.5 Å². The van der Waals surface area contributed by atoms with Crippen LogP contribution in [0.3, 0.4) is 0 Å². The number of ether oxygens (including phenoxy) is 3. The molecule has 1 heterocycles. The lowest BCUT2D eigenvalue weighted by Gasteiger charge is -2.31. The van der Waals surface area contributed by atoms with Gasteiger partial charge >= 0.3 is 11.9 Å². The van der Waals surface area contributed by atoms with Crippen LogP contribution in [-0.4, -0.2) is 39.5 Å². The molecule has 0 aliphatic carbocycles. The summed E-state index contributed by atoms with van der Waals surface area (Å²) in [5.41, 5.74) is 2.20. The number of nitrogens with zero attached hydrogens (tertiary/aromatic N) is 1. The van der Waals surface area contributed by atoms with Gasteiger partial charge in [-0.25, -0.2) is 9.59 Å². The van der Waals surface area contributed by atoms with Gasteiger partial charge in [0.2, 0.25) is 0 Å². The molecule has 1 aliphatic rings. The number of carbonyl (C=O) groups excluding carboxylic acids is 2. The second kappa shape index (κ2) is 7.28. The Morgan fingerprint density at radius 2 is 1.87 bits per heavy atom. The maximum Gasteiger partial charge on any atom is 0.355 e. The van der Waals surface area contributed by atoms with Crippen molar-refractivity contribution in [2.45, 2.75) is 19.8 Å². The number of hydrogen-bond donors (Lipinski definition) is 0. The number of hydrogen-bond acceptors (Lipinski definition) is 6. The van der Waals surface area contributed by atoms with Gasteiger partial charge < -0.3 is 19.1 Å². The monoisotopic (exact) mass is 319 g/mol. The van der Waals surface area contributed by atoms with Crippen LogP contribution in [0.5, 0.6) is 0 Å². The molecule has 0 fully saturated rings. The van der Waals surface area contributed by atoms with Crippen LogP contribution in [0.25, 0.3) is 0 Å². The summed E-state index contributed by atoms with van der Waals surface area (Å²) >= 11 is 0. The predicted octanol–water partition coefficient (Wildman–Crippen LogP) is 2.20. The lowest BCUT2D eigenvalue weighted by molar-refractivity contribution is -0.140. The van der Waals surface area contributed by atoms with E-state index in [0.717, 1.165) is 11.3 Å². The van der Waals surface area contributed by atoms with Crippen LogP contribution in [0.1, 0.15) is 25.3 Å². The highest BCUT2D eigenvalue weighted by Gasteiger charge is 2.32. The summed E-state index contributed by atoms with van der Waals surface area (Å²) in [7, 11) is 2.55. The number of benzene rings is 1. The van der Waals surface area contributed by atoms with Crippen LogP contribution in [-0.2, 0) is 23.8 Å². The molecule has 1 aliphatic heterocycles. The third kappa shape index (κ3) is 3.53. The first-order valence-electron chi connectivity index (χ1n) is 7.34. The van der Waals surface area contributed by atoms with Crippen LogP contribution in [0, 0.1) is 0 Å². The molecule has 0 spiro atoms. The quantitative estimate of drug-likeness (QED) is 0.793. The SMILES string of the molecule is COC(=O)C1=C(C(=O)OC)N(c2cccc(C(C)C)c2)COC1. The Bertz CT molecular complexity index is 636. The Balaban J connectivity index is 2.53. The van der Waals surface area contributed by atoms with E-state index < -0.39 is 11.9 Å². The minimum Gasteiger partial charge on any atom is -0.466 e. The van der Waals surface area contributed by atoms with Gasteiger partial charge in [-0.3, -0.25) is 0 Å². The first-order valence-corrected chi connectivity index (χ1v) is 7.34. The fraction of sp³-hybridized carbons (Fsp3) is 0.412. The predicted molar refractivity (Wildman–Crippen MR) is 84.9 cm³/mol. The summed E-state index contributed by atoms with van der Waals surface area (Å²) in [5.74, 6) is -0.856. The number of carbonyl (C=O) groups is 2. The van der Waals surface area contributed by atoms with Gasteiger partial charge in [-0.2, -0.15) is 0 Å². The van der Waals surface area contributed by atoms with Crippen LogP contribution in [0.2, 0.25) is 0 Å². The van der Waals surface area contributed by atoms with Crippen molar-refractivity contribution in [3.63, 3.8) is 0 Å². The van der Waals surface area contributed by atoms with E-state index in [2.05, 4.69) is 13.8 Å². The maximum atomic E-state index is 12.2. The molecule has 124 valence electrons. The smallest absolute Gasteiger partial charge is 0.355 e. The summed E-state index contributed by atoms with van der Waals surface area (Å²) in [4.78, 5) is 25.8. The van der Waals surface area contributed by atoms with Gasteiger partial charge in [0, 0.05) is 5.69 Å². The Labute approximate surface area is 135 Å². The van der Waals surface area contributed by atoms with Crippen molar-refractivity contribution < 1.29 is 23.8 Å². The van der Waals surface area contributed by atoms with Gasteiger partial charge in [-0.1, -0.05) is 26.0 Å². The first kappa shape index (κ1) is 17.0. The molecule has 0 aromatic heterocycles. The molecule has 6 nitrogen and oxygen atoms in total. The summed E-state index contributed by atoms with van der Waals surface area (Å²) in [6.07, 6.45) is 0. The van der Waals surface area contributed by atoms with Gasteiger partial charge in [0.25, 0.3) is 0 Å². The molecule has 0 bridgehead atoms. The summed E-state index contributed by atoms with van der Waals surface area (Å²) in [6.45, 7) is 4.34. The normalized spacial score (nSPS) is 14.9. The molecule has 0 N–H and O–H groups in total. The fourth-order valence-corrected chi connectivity index (χ4v) is 2.40. The highest BCUT2D eigenvalue weighted by atomic mass is 16.5. The molecular weight excluding hydrogens is 298 g/mol. The average molecular weight is 319 g/mol. The zero-order chi connectivity index (χ0) is 17.0. The lowest BCUT2D eigenvalue weighted by atomic mass is 10.0. The topological polar surface area (TPSA) is 65.1 Å². The molecule has 0 saturated heterocycles. The lowest BCUT2D eigenvalue weighted by Crippen LogP contribution is -2.38. The van der Waals surface area contributed by atoms with E-state index in [-0.39, 0.29) is 24.6 Å². The molecule has 0 saturated carbocycles. The molecule has 0 amide bonds. The Morgan fingerprint density at radius 3 is 2.48 bits per heavy atom. The van der Waals surface area contributed by atoms with Gasteiger partial charge in [0.15, 0.2) is 0 Å². The highest BCUT2D eigenvalue weighted by Crippen LogP contribution is 2.28. The molecule has 23 heavy (non-hydrogen) atoms. The van der Waals surface area contributed by atoms with Crippen LogP contribution in [0.4, 0.5) is 5.69 Å². The Morgan fingerprint density at radius 1 is 1.17 bits per heavy atom. The molecule has 0 radical (unpaired) electrons. The number of esters is 2. The van der Waals surface area contributed by atoms with Crippen LogP contribution in [0.15, 0.2) is 35.5 Å². The van der Waals surface area contributed by atoms with E-state index in [4.69, 9.17) is 14.2 Å². The van der Waals surface area contributed by atoms with Crippen molar-refractivity contribution in [3.05, 3.63) is 41.1 Å². The molecule has 6 heteroatoms. The fourth-order valence-electron chi connectivity index (χ4n) is 2.40. The standard InChI is InChI=1S/C17H21NO5/c1-11(2)12-6-5-7-13(8-12)18-10-23-9-14(16(19)21-3)15(18)17(20)22-4/h5-8,11H,9-10H2,1-4H3. The minimum atomic E-state index is -0.602. The molecule has 1 aromatic rings. The summed E-state index contributed by atoms with van der Waals surface area (Å²) in [6, 6.07) is 7.75. The van der Waals surface area contributed by atoms with Gasteiger partial charge in [0.1, 0.15) is 12.4 Å². The average Bonchev–Trinajstić information content (AvgIpc) is 2.59. The third-order valence-corrected chi connectivity index (χ3v) is 3.68. The third-order valence-electron chi connectivity index (χ3n) is 3.68. The number of rotatable bonds is 4. The largest absolute Gasteiger partial charge is 0.466 e. The second-order valence-electron chi connectivity index (χ2n) is 5.47. The molecule has 2 rings (SSSR count). The molecule has 1 aromatic carbocycles. The number of anilines is 1. The van der Waals surface area contributed by atoms with Gasteiger partial charge in [-0.15, -0.1) is 0 Å². The van der Waals surface area contributed by atoms with Crippen molar-refractivity contribution in [3.8, 4) is 0 Å². The maximum absolute atomic E-state index is 12.2. The van der Waals surface area contributed by atoms with E-state index in [9.17, 15) is 9.59 Å². The highest BCUT2D eigenvalue weighted by molar-refractivity contribution is 6.03. The van der Waals surface area contributed by atoms with Crippen molar-refractivity contribution in [1.29, 1.82) is 0 Å². The van der Waals surface area contributed by atoms with Crippen molar-refractivity contribution in [2.24, 2.45) is 0 Å². The Kier molecular flexibility index (Phi) is 5.39. The molecular formula is C17H21NO5.